The highest BCUT2D eigenvalue weighted by Gasteiger charge is 2.32. The Balaban J connectivity index is 2.36. The minimum atomic E-state index is -0.572. The Morgan fingerprint density at radius 1 is 1.48 bits per heavy atom. The lowest BCUT2D eigenvalue weighted by Crippen LogP contribution is -2.49. The van der Waals surface area contributed by atoms with Crippen LogP contribution in [0, 0.1) is 0 Å². The first-order valence-electron chi connectivity index (χ1n) is 8.09. The lowest BCUT2D eigenvalue weighted by atomic mass is 9.95. The van der Waals surface area contributed by atoms with Gasteiger partial charge in [0.15, 0.2) is 0 Å². The maximum absolute atomic E-state index is 11.8. The number of morpholine rings is 1. The second-order valence-corrected chi connectivity index (χ2v) is 6.23. The van der Waals surface area contributed by atoms with Crippen molar-refractivity contribution in [3.05, 3.63) is 0 Å². The van der Waals surface area contributed by atoms with Gasteiger partial charge in [0.05, 0.1) is 19.8 Å². The molecular weight excluding hydrogens is 268 g/mol. The lowest BCUT2D eigenvalue weighted by Gasteiger charge is -2.38. The van der Waals surface area contributed by atoms with Crippen LogP contribution in [0.15, 0.2) is 0 Å². The molecular formula is C16H32N2O3. The predicted molar refractivity (Wildman–Crippen MR) is 84.4 cm³/mol. The third kappa shape index (κ3) is 5.24. The van der Waals surface area contributed by atoms with E-state index in [-0.39, 0.29) is 5.97 Å². The zero-order valence-corrected chi connectivity index (χ0v) is 14.3. The molecule has 0 amide bonds. The molecule has 1 N–H and O–H groups in total. The van der Waals surface area contributed by atoms with E-state index in [2.05, 4.69) is 24.1 Å². The monoisotopic (exact) mass is 300 g/mol. The molecule has 0 aliphatic carbocycles. The van der Waals surface area contributed by atoms with Gasteiger partial charge < -0.3 is 14.8 Å². The summed E-state index contributed by atoms with van der Waals surface area (Å²) in [6.07, 6.45) is 4.35. The van der Waals surface area contributed by atoms with Crippen molar-refractivity contribution in [3.8, 4) is 0 Å². The second-order valence-electron chi connectivity index (χ2n) is 6.23. The number of carbonyl (C=O) groups is 1. The summed E-state index contributed by atoms with van der Waals surface area (Å²) in [7, 11) is 3.26. The molecule has 0 aromatic heterocycles. The van der Waals surface area contributed by atoms with Gasteiger partial charge in [-0.1, -0.05) is 6.92 Å². The molecule has 3 atom stereocenters. The van der Waals surface area contributed by atoms with E-state index in [0.29, 0.717) is 12.1 Å². The number of rotatable bonds is 8. The SMILES string of the molecule is CCC1COC(C)CN1CCCCC(C)(NC)C(=O)OC. The van der Waals surface area contributed by atoms with Crippen LogP contribution in [-0.2, 0) is 14.3 Å². The van der Waals surface area contributed by atoms with Crippen molar-refractivity contribution in [1.82, 2.24) is 10.2 Å². The quantitative estimate of drug-likeness (QED) is 0.547. The maximum Gasteiger partial charge on any atom is 0.325 e. The number of ether oxygens (including phenoxy) is 2. The zero-order valence-electron chi connectivity index (χ0n) is 14.3. The second kappa shape index (κ2) is 8.71. The van der Waals surface area contributed by atoms with E-state index in [1.54, 1.807) is 0 Å². The summed E-state index contributed by atoms with van der Waals surface area (Å²) in [5.74, 6) is -0.184. The minimum absolute atomic E-state index is 0.184. The van der Waals surface area contributed by atoms with Crippen LogP contribution in [0.1, 0.15) is 46.5 Å². The first kappa shape index (κ1) is 18.4. The van der Waals surface area contributed by atoms with Crippen LogP contribution >= 0.6 is 0 Å². The van der Waals surface area contributed by atoms with Crippen molar-refractivity contribution in [1.29, 1.82) is 0 Å². The molecule has 0 bridgehead atoms. The average molecular weight is 300 g/mol. The largest absolute Gasteiger partial charge is 0.468 e. The fourth-order valence-corrected chi connectivity index (χ4v) is 2.91. The van der Waals surface area contributed by atoms with Gasteiger partial charge in [0.1, 0.15) is 5.54 Å². The summed E-state index contributed by atoms with van der Waals surface area (Å²) < 4.78 is 10.6. The molecule has 0 aromatic carbocycles. The van der Waals surface area contributed by atoms with E-state index in [9.17, 15) is 4.79 Å². The van der Waals surface area contributed by atoms with Gasteiger partial charge in [-0.3, -0.25) is 9.69 Å². The predicted octanol–water partition coefficient (Wildman–Crippen LogP) is 1.81. The van der Waals surface area contributed by atoms with Crippen molar-refractivity contribution >= 4 is 5.97 Å². The highest BCUT2D eigenvalue weighted by atomic mass is 16.5. The molecule has 0 radical (unpaired) electrons. The van der Waals surface area contributed by atoms with Gasteiger partial charge in [0.2, 0.25) is 0 Å². The third-order valence-electron chi connectivity index (χ3n) is 4.61. The molecule has 3 unspecified atom stereocenters. The van der Waals surface area contributed by atoms with Crippen molar-refractivity contribution in [2.75, 3.05) is 33.9 Å². The van der Waals surface area contributed by atoms with Gasteiger partial charge in [-0.05, 0) is 53.1 Å². The molecule has 1 fully saturated rings. The minimum Gasteiger partial charge on any atom is -0.468 e. The summed E-state index contributed by atoms with van der Waals surface area (Å²) in [5, 5.41) is 3.09. The molecule has 1 rings (SSSR count). The van der Waals surface area contributed by atoms with Crippen molar-refractivity contribution in [2.45, 2.75) is 64.1 Å². The molecule has 1 heterocycles. The summed E-state index contributed by atoms with van der Waals surface area (Å²) in [6, 6.07) is 0.539. The van der Waals surface area contributed by atoms with Gasteiger partial charge >= 0.3 is 5.97 Å². The first-order valence-corrected chi connectivity index (χ1v) is 8.09. The Morgan fingerprint density at radius 3 is 2.76 bits per heavy atom. The van der Waals surface area contributed by atoms with E-state index < -0.39 is 5.54 Å². The fraction of sp³-hybridized carbons (Fsp3) is 0.938. The van der Waals surface area contributed by atoms with Crippen LogP contribution in [0.2, 0.25) is 0 Å². The molecule has 0 saturated carbocycles. The molecule has 0 aromatic rings. The summed E-state index contributed by atoms with van der Waals surface area (Å²) in [6.45, 7) is 9.19. The van der Waals surface area contributed by atoms with Crippen LogP contribution in [-0.4, -0.2) is 62.4 Å². The van der Waals surface area contributed by atoms with Crippen molar-refractivity contribution in [3.63, 3.8) is 0 Å². The molecule has 21 heavy (non-hydrogen) atoms. The van der Waals surface area contributed by atoms with Crippen LogP contribution < -0.4 is 5.32 Å². The number of carbonyl (C=O) groups excluding carboxylic acids is 1. The molecule has 124 valence electrons. The standard InChI is InChI=1S/C16H32N2O3/c1-6-14-12-21-13(2)11-18(14)10-8-7-9-16(3,17-4)15(19)20-5/h13-14,17H,6-12H2,1-5H3. The Bertz CT molecular complexity index is 325. The number of hydrogen-bond acceptors (Lipinski definition) is 5. The summed E-state index contributed by atoms with van der Waals surface area (Å²) in [5.41, 5.74) is -0.572. The molecule has 1 saturated heterocycles. The third-order valence-corrected chi connectivity index (χ3v) is 4.61. The van der Waals surface area contributed by atoms with E-state index >= 15 is 0 Å². The zero-order chi connectivity index (χ0) is 15.9. The van der Waals surface area contributed by atoms with Crippen LogP contribution in [0.25, 0.3) is 0 Å². The van der Waals surface area contributed by atoms with Gasteiger partial charge in [-0.15, -0.1) is 0 Å². The van der Waals surface area contributed by atoms with E-state index in [0.717, 1.165) is 45.4 Å². The molecule has 0 spiro atoms. The number of unbranched alkanes of at least 4 members (excludes halogenated alkanes) is 1. The smallest absolute Gasteiger partial charge is 0.325 e. The number of methoxy groups -OCH3 is 1. The molecule has 5 nitrogen and oxygen atoms in total. The van der Waals surface area contributed by atoms with E-state index in [1.165, 1.54) is 7.11 Å². The topological polar surface area (TPSA) is 50.8 Å². The summed E-state index contributed by atoms with van der Waals surface area (Å²) in [4.78, 5) is 14.3. The van der Waals surface area contributed by atoms with Crippen molar-refractivity contribution < 1.29 is 14.3 Å². The molecule has 1 aliphatic heterocycles. The van der Waals surface area contributed by atoms with E-state index in [4.69, 9.17) is 9.47 Å². The first-order chi connectivity index (χ1) is 9.96. The Kier molecular flexibility index (Phi) is 7.63. The summed E-state index contributed by atoms with van der Waals surface area (Å²) >= 11 is 0. The van der Waals surface area contributed by atoms with Crippen LogP contribution in [0.3, 0.4) is 0 Å². The Morgan fingerprint density at radius 2 is 2.19 bits per heavy atom. The normalized spacial score (nSPS) is 26.3. The van der Waals surface area contributed by atoms with Gasteiger partial charge in [-0.2, -0.15) is 0 Å². The van der Waals surface area contributed by atoms with Crippen LogP contribution in [0.5, 0.6) is 0 Å². The van der Waals surface area contributed by atoms with Gasteiger partial charge in [-0.25, -0.2) is 0 Å². The maximum atomic E-state index is 11.8. The Hall–Kier alpha value is -0.650. The average Bonchev–Trinajstić information content (AvgIpc) is 2.50. The highest BCUT2D eigenvalue weighted by molar-refractivity contribution is 5.80. The molecule has 5 heteroatoms. The number of esters is 1. The van der Waals surface area contributed by atoms with E-state index in [1.807, 2.05) is 14.0 Å². The lowest BCUT2D eigenvalue weighted by molar-refractivity contribution is -0.148. The number of nitrogens with zero attached hydrogens (tertiary/aromatic N) is 1. The fourth-order valence-electron chi connectivity index (χ4n) is 2.91. The number of nitrogens with one attached hydrogen (secondary N) is 1. The molecule has 1 aliphatic rings. The van der Waals surface area contributed by atoms with Gasteiger partial charge in [0.25, 0.3) is 0 Å². The van der Waals surface area contributed by atoms with Crippen molar-refractivity contribution in [2.24, 2.45) is 0 Å². The number of likely N-dealkylation sites (N-methyl/N-ethyl adjacent to an activating group) is 1. The number of hydrogen-bond donors (Lipinski definition) is 1. The highest BCUT2D eigenvalue weighted by Crippen LogP contribution is 2.18. The van der Waals surface area contributed by atoms with Crippen LogP contribution in [0.4, 0.5) is 0 Å². The Labute approximate surface area is 129 Å². The van der Waals surface area contributed by atoms with Gasteiger partial charge in [0, 0.05) is 12.6 Å².